The molecule has 0 spiro atoms. The van der Waals surface area contributed by atoms with E-state index in [9.17, 15) is 4.79 Å². The van der Waals surface area contributed by atoms with Crippen LogP contribution in [0.1, 0.15) is 29.9 Å². The number of carbonyl (C=O) groups excluding carboxylic acids is 1. The summed E-state index contributed by atoms with van der Waals surface area (Å²) in [4.78, 5) is 12.8. The van der Waals surface area contributed by atoms with Gasteiger partial charge in [0.05, 0.1) is 19.0 Å². The van der Waals surface area contributed by atoms with E-state index in [1.807, 2.05) is 0 Å². The second kappa shape index (κ2) is 4.82. The molecule has 1 N–H and O–H groups in total. The number of carbonyl (C=O) groups is 1. The van der Waals surface area contributed by atoms with Crippen LogP contribution in [0, 0.1) is 12.8 Å². The van der Waals surface area contributed by atoms with Crippen molar-refractivity contribution in [1.29, 1.82) is 0 Å². The third kappa shape index (κ3) is 2.97. The standard InChI is InChI=1S/C10H17N3O2/c1-7(2)5-11-13-6-9(8(3)12-13)10(14)15-4/h6-7,11H,5H2,1-4H3. The number of hydrogen-bond donors (Lipinski definition) is 1. The molecule has 0 aliphatic rings. The van der Waals surface area contributed by atoms with Crippen LogP contribution >= 0.6 is 0 Å². The fourth-order valence-electron chi connectivity index (χ4n) is 1.13. The summed E-state index contributed by atoms with van der Waals surface area (Å²) in [6, 6.07) is 0. The van der Waals surface area contributed by atoms with Crippen LogP contribution in [-0.4, -0.2) is 29.5 Å². The van der Waals surface area contributed by atoms with Crippen LogP contribution in [0.3, 0.4) is 0 Å². The van der Waals surface area contributed by atoms with Crippen molar-refractivity contribution in [2.24, 2.45) is 5.92 Å². The highest BCUT2D eigenvalue weighted by molar-refractivity contribution is 5.90. The highest BCUT2D eigenvalue weighted by Gasteiger charge is 2.13. The maximum absolute atomic E-state index is 11.3. The summed E-state index contributed by atoms with van der Waals surface area (Å²) in [7, 11) is 1.36. The van der Waals surface area contributed by atoms with Gasteiger partial charge in [-0.25, -0.2) is 4.79 Å². The Hall–Kier alpha value is -1.52. The summed E-state index contributed by atoms with van der Waals surface area (Å²) in [5, 5.41) is 4.16. The molecule has 0 bridgehead atoms. The zero-order valence-electron chi connectivity index (χ0n) is 9.57. The van der Waals surface area contributed by atoms with Crippen LogP contribution in [0.25, 0.3) is 0 Å². The van der Waals surface area contributed by atoms with Crippen molar-refractivity contribution in [2.75, 3.05) is 19.1 Å². The molecule has 1 aromatic rings. The fourth-order valence-corrected chi connectivity index (χ4v) is 1.13. The molecule has 0 radical (unpaired) electrons. The van der Waals surface area contributed by atoms with E-state index < -0.39 is 0 Å². The Labute approximate surface area is 89.4 Å². The first kappa shape index (κ1) is 11.6. The number of nitrogens with zero attached hydrogens (tertiary/aromatic N) is 2. The molecule has 15 heavy (non-hydrogen) atoms. The average Bonchev–Trinajstić information content (AvgIpc) is 2.55. The Bertz CT molecular complexity index is 344. The van der Waals surface area contributed by atoms with Gasteiger partial charge in [0.2, 0.25) is 0 Å². The number of aromatic nitrogens is 2. The van der Waals surface area contributed by atoms with Crippen LogP contribution in [0.15, 0.2) is 6.20 Å². The largest absolute Gasteiger partial charge is 0.465 e. The first-order valence-electron chi connectivity index (χ1n) is 4.93. The monoisotopic (exact) mass is 211 g/mol. The molecule has 0 aromatic carbocycles. The molecule has 5 heteroatoms. The first-order chi connectivity index (χ1) is 7.04. The van der Waals surface area contributed by atoms with Gasteiger partial charge in [0, 0.05) is 6.54 Å². The summed E-state index contributed by atoms with van der Waals surface area (Å²) in [6.07, 6.45) is 1.64. The average molecular weight is 211 g/mol. The number of nitrogens with one attached hydrogen (secondary N) is 1. The number of esters is 1. The zero-order chi connectivity index (χ0) is 11.4. The van der Waals surface area contributed by atoms with Gasteiger partial charge >= 0.3 is 5.97 Å². The van der Waals surface area contributed by atoms with E-state index in [-0.39, 0.29) is 5.97 Å². The van der Waals surface area contributed by atoms with Crippen molar-refractivity contribution < 1.29 is 9.53 Å². The molecule has 0 aliphatic heterocycles. The van der Waals surface area contributed by atoms with Gasteiger partial charge in [-0.15, -0.1) is 0 Å². The lowest BCUT2D eigenvalue weighted by Gasteiger charge is -2.07. The van der Waals surface area contributed by atoms with Crippen molar-refractivity contribution in [3.63, 3.8) is 0 Å². The minimum atomic E-state index is -0.356. The van der Waals surface area contributed by atoms with Gasteiger partial charge in [-0.2, -0.15) is 9.89 Å². The molecule has 84 valence electrons. The molecular formula is C10H17N3O2. The van der Waals surface area contributed by atoms with Gasteiger partial charge in [-0.05, 0) is 12.8 Å². The molecule has 0 amide bonds. The topological polar surface area (TPSA) is 56.1 Å². The summed E-state index contributed by atoms with van der Waals surface area (Å²) in [5.41, 5.74) is 4.24. The molecule has 0 unspecified atom stereocenters. The number of aryl methyl sites for hydroxylation is 1. The van der Waals surface area contributed by atoms with Gasteiger partial charge in [-0.1, -0.05) is 13.8 Å². The highest BCUT2D eigenvalue weighted by Crippen LogP contribution is 2.06. The van der Waals surface area contributed by atoms with Crippen molar-refractivity contribution in [3.8, 4) is 0 Å². The van der Waals surface area contributed by atoms with Crippen LogP contribution in [0.4, 0.5) is 0 Å². The molecule has 0 saturated carbocycles. The Morgan fingerprint density at radius 1 is 1.67 bits per heavy atom. The number of hydrogen-bond acceptors (Lipinski definition) is 4. The maximum Gasteiger partial charge on any atom is 0.341 e. The molecule has 0 saturated heterocycles. The SMILES string of the molecule is COC(=O)c1cn(NCC(C)C)nc1C. The molecule has 0 fully saturated rings. The first-order valence-corrected chi connectivity index (χ1v) is 4.93. The van der Waals surface area contributed by atoms with E-state index >= 15 is 0 Å². The van der Waals surface area contributed by atoms with Crippen molar-refractivity contribution >= 4 is 5.97 Å². The highest BCUT2D eigenvalue weighted by atomic mass is 16.5. The number of methoxy groups -OCH3 is 1. The molecular weight excluding hydrogens is 194 g/mol. The lowest BCUT2D eigenvalue weighted by Crippen LogP contribution is -2.20. The second-order valence-corrected chi connectivity index (χ2v) is 3.82. The van der Waals surface area contributed by atoms with Gasteiger partial charge in [-0.3, -0.25) is 0 Å². The molecule has 1 rings (SSSR count). The van der Waals surface area contributed by atoms with Gasteiger partial charge in [0.1, 0.15) is 5.56 Å². The van der Waals surface area contributed by atoms with Crippen LogP contribution in [-0.2, 0) is 4.74 Å². The Morgan fingerprint density at radius 2 is 2.33 bits per heavy atom. The Kier molecular flexibility index (Phi) is 3.71. The van der Waals surface area contributed by atoms with E-state index in [0.29, 0.717) is 17.2 Å². The molecule has 1 aromatic heterocycles. The summed E-state index contributed by atoms with van der Waals surface area (Å²) in [6.45, 7) is 6.79. The van der Waals surface area contributed by atoms with E-state index in [1.54, 1.807) is 17.9 Å². The van der Waals surface area contributed by atoms with Crippen LogP contribution in [0.5, 0.6) is 0 Å². The van der Waals surface area contributed by atoms with Gasteiger partial charge in [0.15, 0.2) is 0 Å². The fraction of sp³-hybridized carbons (Fsp3) is 0.600. The van der Waals surface area contributed by atoms with Crippen molar-refractivity contribution in [1.82, 2.24) is 9.89 Å². The maximum atomic E-state index is 11.3. The lowest BCUT2D eigenvalue weighted by atomic mass is 10.2. The number of ether oxygens (including phenoxy) is 1. The summed E-state index contributed by atoms with van der Waals surface area (Å²) in [5.74, 6) is 0.168. The molecule has 5 nitrogen and oxygen atoms in total. The summed E-state index contributed by atoms with van der Waals surface area (Å²) >= 11 is 0. The second-order valence-electron chi connectivity index (χ2n) is 3.82. The Morgan fingerprint density at radius 3 is 2.87 bits per heavy atom. The summed E-state index contributed by atoms with van der Waals surface area (Å²) < 4.78 is 4.64. The van der Waals surface area contributed by atoms with E-state index in [2.05, 4.69) is 29.1 Å². The quantitative estimate of drug-likeness (QED) is 0.760. The molecule has 0 aliphatic carbocycles. The Balaban J connectivity index is 2.72. The van der Waals surface area contributed by atoms with Crippen molar-refractivity contribution in [3.05, 3.63) is 17.5 Å². The van der Waals surface area contributed by atoms with E-state index in [0.717, 1.165) is 6.54 Å². The third-order valence-electron chi connectivity index (χ3n) is 1.97. The van der Waals surface area contributed by atoms with Crippen LogP contribution in [0.2, 0.25) is 0 Å². The van der Waals surface area contributed by atoms with Crippen LogP contribution < -0.4 is 5.43 Å². The lowest BCUT2D eigenvalue weighted by molar-refractivity contribution is 0.0600. The predicted octanol–water partition coefficient (Wildman–Crippen LogP) is 1.18. The smallest absolute Gasteiger partial charge is 0.341 e. The van der Waals surface area contributed by atoms with E-state index in [4.69, 9.17) is 0 Å². The molecule has 0 atom stereocenters. The normalized spacial score (nSPS) is 10.5. The minimum absolute atomic E-state index is 0.356. The van der Waals surface area contributed by atoms with Gasteiger partial charge < -0.3 is 10.2 Å². The van der Waals surface area contributed by atoms with Crippen molar-refractivity contribution in [2.45, 2.75) is 20.8 Å². The van der Waals surface area contributed by atoms with E-state index in [1.165, 1.54) is 7.11 Å². The predicted molar refractivity (Wildman–Crippen MR) is 57.4 cm³/mol. The zero-order valence-corrected chi connectivity index (χ0v) is 9.57. The molecule has 1 heterocycles. The van der Waals surface area contributed by atoms with Gasteiger partial charge in [0.25, 0.3) is 0 Å². The minimum Gasteiger partial charge on any atom is -0.465 e. The third-order valence-corrected chi connectivity index (χ3v) is 1.97. The number of rotatable bonds is 4.